The van der Waals surface area contributed by atoms with Crippen LogP contribution in [-0.4, -0.2) is 56.6 Å². The van der Waals surface area contributed by atoms with Crippen molar-refractivity contribution in [3.63, 3.8) is 0 Å². The van der Waals surface area contributed by atoms with Gasteiger partial charge in [0.15, 0.2) is 0 Å². The maximum atomic E-state index is 12.6. The largest absolute Gasteiger partial charge is 0.444 e. The van der Waals surface area contributed by atoms with E-state index in [0.717, 1.165) is 25.6 Å². The number of hydrogen-bond donors (Lipinski definition) is 0. The molecular weight excluding hydrogens is 462 g/mol. The molecule has 0 fully saturated rings. The van der Waals surface area contributed by atoms with Crippen molar-refractivity contribution >= 4 is 72.7 Å². The highest BCUT2D eigenvalue weighted by Crippen LogP contribution is 2.42. The summed E-state index contributed by atoms with van der Waals surface area (Å²) in [4.78, 5) is 27.0. The molecule has 2 heterocycles. The van der Waals surface area contributed by atoms with Crippen molar-refractivity contribution in [1.29, 1.82) is 0 Å². The number of thiophene rings is 1. The Morgan fingerprint density at radius 2 is 1.83 bits per heavy atom. The van der Waals surface area contributed by atoms with Crippen LogP contribution in [0.2, 0.25) is 0 Å². The summed E-state index contributed by atoms with van der Waals surface area (Å²) in [5, 5.41) is 1.37. The first-order valence-corrected chi connectivity index (χ1v) is 11.8. The number of rotatable bonds is 2. The SMILES string of the molecule is CC.CC(C)(C)OC(=O)N1Cc2c(sc3ccccc23)C(N([O][Al])C(=O)Cl)C1.CCl. The van der Waals surface area contributed by atoms with Crippen LogP contribution >= 0.6 is 34.5 Å². The zero-order valence-electron chi connectivity index (χ0n) is 18.1. The van der Waals surface area contributed by atoms with Crippen molar-refractivity contribution in [3.05, 3.63) is 34.7 Å². The van der Waals surface area contributed by atoms with Crippen molar-refractivity contribution in [1.82, 2.24) is 9.96 Å². The van der Waals surface area contributed by atoms with Crippen LogP contribution < -0.4 is 0 Å². The minimum atomic E-state index is -0.751. The van der Waals surface area contributed by atoms with Crippen molar-refractivity contribution in [2.24, 2.45) is 0 Å². The van der Waals surface area contributed by atoms with E-state index in [1.807, 2.05) is 75.5 Å². The maximum absolute atomic E-state index is 12.6. The molecule has 30 heavy (non-hydrogen) atoms. The number of hydrogen-bond acceptors (Lipinski definition) is 5. The fourth-order valence-electron chi connectivity index (χ4n) is 2.98. The summed E-state index contributed by atoms with van der Waals surface area (Å²) in [7, 11) is 0. The maximum Gasteiger partial charge on any atom is 0.423 e. The molecule has 0 N–H and O–H groups in total. The quantitative estimate of drug-likeness (QED) is 0.165. The predicted molar refractivity (Wildman–Crippen MR) is 124 cm³/mol. The van der Waals surface area contributed by atoms with E-state index in [9.17, 15) is 9.59 Å². The summed E-state index contributed by atoms with van der Waals surface area (Å²) in [6.45, 7) is 10.1. The van der Waals surface area contributed by atoms with Crippen LogP contribution in [0.4, 0.5) is 9.59 Å². The van der Waals surface area contributed by atoms with Gasteiger partial charge in [-0.25, -0.2) is 9.86 Å². The van der Waals surface area contributed by atoms with Gasteiger partial charge in [0, 0.05) is 16.0 Å². The average Bonchev–Trinajstić information content (AvgIpc) is 3.09. The third-order valence-electron chi connectivity index (χ3n) is 4.00. The standard InChI is InChI=1S/C17H18ClN2O4S.C2H6.CH3Cl.Al/c1-17(2,3)24-16(22)19-8-11-10-6-4-5-7-13(10)25-14(11)12(9-19)20(23)15(18)21;2*1-2;/h4-7,12H,8-9H2,1-3H3;1-2H3;1H3;/q-1;;;+1. The van der Waals surface area contributed by atoms with Gasteiger partial charge in [-0.2, -0.15) is 0 Å². The van der Waals surface area contributed by atoms with Crippen molar-refractivity contribution in [2.45, 2.75) is 52.8 Å². The molecule has 0 saturated heterocycles. The normalized spacial score (nSPS) is 15.2. The van der Waals surface area contributed by atoms with Crippen LogP contribution in [0, 0.1) is 0 Å². The number of carbonyl (C=O) groups is 2. The molecule has 0 aliphatic carbocycles. The van der Waals surface area contributed by atoms with Gasteiger partial charge in [0.2, 0.25) is 0 Å². The summed E-state index contributed by atoms with van der Waals surface area (Å²) in [5.41, 5.74) is 0.375. The molecule has 1 atom stereocenters. The van der Waals surface area contributed by atoms with Crippen molar-refractivity contribution in [2.75, 3.05) is 12.9 Å². The smallest absolute Gasteiger partial charge is 0.423 e. The van der Waals surface area contributed by atoms with Gasteiger partial charge in [0.05, 0.1) is 13.1 Å². The molecule has 0 bridgehead atoms. The van der Waals surface area contributed by atoms with Crippen LogP contribution in [0.3, 0.4) is 0 Å². The van der Waals surface area contributed by atoms with E-state index in [4.69, 9.17) is 20.2 Å². The van der Waals surface area contributed by atoms with E-state index in [-0.39, 0.29) is 6.54 Å². The zero-order valence-corrected chi connectivity index (χ0v) is 21.6. The van der Waals surface area contributed by atoms with Gasteiger partial charge in [-0.1, -0.05) is 32.0 Å². The highest BCUT2D eigenvalue weighted by atomic mass is 35.5. The summed E-state index contributed by atoms with van der Waals surface area (Å²) in [5.74, 6) is 0. The minimum Gasteiger partial charge on any atom is -0.444 e. The number of carbonyl (C=O) groups excluding carboxylic acids is 2. The second-order valence-corrected chi connectivity index (χ2v) is 8.62. The van der Waals surface area contributed by atoms with Crippen LogP contribution in [0.1, 0.15) is 51.1 Å². The Hall–Kier alpha value is -1.01. The Bertz CT molecular complexity index is 857. The van der Waals surface area contributed by atoms with Crippen molar-refractivity contribution < 1.29 is 18.2 Å². The Morgan fingerprint density at radius 1 is 1.23 bits per heavy atom. The fraction of sp³-hybridized carbons (Fsp3) is 0.500. The third-order valence-corrected chi connectivity index (χ3v) is 5.70. The van der Waals surface area contributed by atoms with Gasteiger partial charge in [0.1, 0.15) is 11.6 Å². The molecule has 1 aliphatic rings. The molecule has 1 aliphatic heterocycles. The van der Waals surface area contributed by atoms with Crippen LogP contribution in [-0.2, 0) is 15.2 Å². The lowest BCUT2D eigenvalue weighted by atomic mass is 10.0. The molecular formula is C20H27AlCl2N2O4S. The van der Waals surface area contributed by atoms with Crippen LogP contribution in [0.15, 0.2) is 24.3 Å². The number of hydroxylamine groups is 2. The Kier molecular flexibility index (Phi) is 10.9. The average molecular weight is 489 g/mol. The Morgan fingerprint density at radius 3 is 2.37 bits per heavy atom. The van der Waals surface area contributed by atoms with E-state index in [0.29, 0.717) is 6.54 Å². The Balaban J connectivity index is 0.00000106. The molecule has 3 rings (SSSR count). The molecule has 6 nitrogen and oxygen atoms in total. The summed E-state index contributed by atoms with van der Waals surface area (Å²) in [6, 6.07) is 7.43. The number of ether oxygens (including phenoxy) is 1. The third kappa shape index (κ3) is 6.49. The van der Waals surface area contributed by atoms with Crippen LogP contribution in [0.25, 0.3) is 10.1 Å². The molecule has 1 aromatic heterocycles. The highest BCUT2D eigenvalue weighted by Gasteiger charge is 2.37. The molecule has 1 aromatic carbocycles. The molecule has 1 unspecified atom stereocenters. The molecule has 2 radical (unpaired) electrons. The lowest BCUT2D eigenvalue weighted by Gasteiger charge is -2.38. The van der Waals surface area contributed by atoms with Gasteiger partial charge in [0.25, 0.3) is 0 Å². The fourth-order valence-corrected chi connectivity index (χ4v) is 4.74. The first-order valence-electron chi connectivity index (χ1n) is 9.43. The Labute approximate surface area is 200 Å². The van der Waals surface area contributed by atoms with E-state index >= 15 is 0 Å². The van der Waals surface area contributed by atoms with Gasteiger partial charge >= 0.3 is 28.1 Å². The van der Waals surface area contributed by atoms with Crippen molar-refractivity contribution in [3.8, 4) is 0 Å². The molecule has 0 spiro atoms. The van der Waals surface area contributed by atoms with E-state index in [1.165, 1.54) is 6.38 Å². The number of nitrogens with zero attached hydrogens (tertiary/aromatic N) is 2. The molecule has 0 saturated carbocycles. The second-order valence-electron chi connectivity index (χ2n) is 7.00. The lowest BCUT2D eigenvalue weighted by molar-refractivity contribution is -0.0503. The van der Waals surface area contributed by atoms with Gasteiger partial charge in [-0.05, 0) is 49.4 Å². The zero-order chi connectivity index (χ0) is 23.1. The first-order chi connectivity index (χ1) is 14.2. The van der Waals surface area contributed by atoms with Gasteiger partial charge < -0.3 is 13.5 Å². The topological polar surface area (TPSA) is 59.1 Å². The summed E-state index contributed by atoms with van der Waals surface area (Å²) in [6.07, 6.45) is 1.04. The minimum absolute atomic E-state index is 0.238. The summed E-state index contributed by atoms with van der Waals surface area (Å²) >= 11 is 13.9. The molecule has 10 heteroatoms. The number of amides is 2. The van der Waals surface area contributed by atoms with Gasteiger partial charge in [-0.15, -0.1) is 22.9 Å². The first kappa shape index (κ1) is 27.0. The predicted octanol–water partition coefficient (Wildman–Crippen LogP) is 6.25. The van der Waals surface area contributed by atoms with Gasteiger partial charge in [-0.3, -0.25) is 4.79 Å². The van der Waals surface area contributed by atoms with Crippen LogP contribution in [0.5, 0.6) is 0 Å². The number of alkyl halides is 1. The van der Waals surface area contributed by atoms with E-state index < -0.39 is 23.1 Å². The monoisotopic (exact) mass is 488 g/mol. The molecule has 2 aromatic rings. The number of halogens is 2. The summed E-state index contributed by atoms with van der Waals surface area (Å²) < 4.78 is 11.7. The molecule has 164 valence electrons. The number of benzene rings is 1. The second kappa shape index (κ2) is 12.1. The highest BCUT2D eigenvalue weighted by molar-refractivity contribution is 7.19. The number of fused-ring (bicyclic) bond motifs is 3. The molecule has 2 amide bonds. The lowest BCUT2D eigenvalue weighted by Crippen LogP contribution is -2.46. The van der Waals surface area contributed by atoms with E-state index in [1.54, 1.807) is 16.2 Å². The van der Waals surface area contributed by atoms with E-state index in [2.05, 4.69) is 11.6 Å².